The second kappa shape index (κ2) is 4.40. The van der Waals surface area contributed by atoms with Crippen molar-refractivity contribution >= 4 is 23.1 Å². The summed E-state index contributed by atoms with van der Waals surface area (Å²) >= 11 is 0. The van der Waals surface area contributed by atoms with Gasteiger partial charge in [0.05, 0.1) is 23.5 Å². The summed E-state index contributed by atoms with van der Waals surface area (Å²) in [5.41, 5.74) is 7.21. The smallest absolute Gasteiger partial charge is 0.257 e. The van der Waals surface area contributed by atoms with Crippen LogP contribution in [-0.2, 0) is 4.79 Å². The average molecular weight is 244 g/mol. The Hall–Kier alpha value is -1.91. The van der Waals surface area contributed by atoms with Crippen molar-refractivity contribution in [2.24, 2.45) is 11.0 Å². The molecule has 5 nitrogen and oxygen atoms in total. The molecule has 1 aliphatic heterocycles. The van der Waals surface area contributed by atoms with Crippen LogP contribution in [0.25, 0.3) is 0 Å². The molecule has 1 atom stereocenters. The first-order valence-corrected chi connectivity index (χ1v) is 6.38. The van der Waals surface area contributed by atoms with Crippen LogP contribution in [-0.4, -0.2) is 16.6 Å². The van der Waals surface area contributed by atoms with E-state index < -0.39 is 0 Å². The highest BCUT2D eigenvalue weighted by atomic mass is 16.2. The molecule has 1 saturated carbocycles. The molecule has 5 heteroatoms. The first-order valence-electron chi connectivity index (χ1n) is 6.38. The Balaban J connectivity index is 1.90. The zero-order valence-electron chi connectivity index (χ0n) is 10.2. The molecule has 1 aliphatic carbocycles. The van der Waals surface area contributed by atoms with Crippen LogP contribution in [0.4, 0.5) is 11.5 Å². The van der Waals surface area contributed by atoms with Gasteiger partial charge in [0.15, 0.2) is 5.82 Å². The molecule has 94 valence electrons. The van der Waals surface area contributed by atoms with Crippen LogP contribution < -0.4 is 10.7 Å². The van der Waals surface area contributed by atoms with E-state index in [1.165, 1.54) is 11.4 Å². The number of hydrazone groups is 1. The molecule has 1 fully saturated rings. The summed E-state index contributed by atoms with van der Waals surface area (Å²) in [7, 11) is 0. The van der Waals surface area contributed by atoms with E-state index in [0.29, 0.717) is 11.5 Å². The van der Waals surface area contributed by atoms with E-state index in [0.717, 1.165) is 31.4 Å². The third-order valence-electron chi connectivity index (χ3n) is 3.55. The lowest BCUT2D eigenvalue weighted by Crippen LogP contribution is -2.27. The number of amides is 1. The number of carbonyl (C=O) groups excluding carboxylic acids is 1. The number of carbonyl (C=O) groups is 1. The van der Waals surface area contributed by atoms with Crippen molar-refractivity contribution in [1.82, 2.24) is 4.98 Å². The normalized spacial score (nSPS) is 23.6. The highest BCUT2D eigenvalue weighted by Crippen LogP contribution is 2.30. The molecule has 0 aromatic carbocycles. The first kappa shape index (κ1) is 11.2. The van der Waals surface area contributed by atoms with Crippen molar-refractivity contribution in [1.29, 1.82) is 0 Å². The third kappa shape index (κ3) is 1.85. The third-order valence-corrected chi connectivity index (χ3v) is 3.55. The molecule has 1 aromatic heterocycles. The molecule has 1 amide bonds. The lowest BCUT2D eigenvalue weighted by molar-refractivity contribution is -0.119. The van der Waals surface area contributed by atoms with Gasteiger partial charge in [-0.05, 0) is 31.4 Å². The van der Waals surface area contributed by atoms with E-state index in [2.05, 4.69) is 10.1 Å². The van der Waals surface area contributed by atoms with Gasteiger partial charge in [-0.1, -0.05) is 12.8 Å². The summed E-state index contributed by atoms with van der Waals surface area (Å²) in [6, 6.07) is 3.48. The fraction of sp³-hybridized carbons (Fsp3) is 0.462. The number of anilines is 2. The van der Waals surface area contributed by atoms with Gasteiger partial charge in [-0.15, -0.1) is 0 Å². The Morgan fingerprint density at radius 3 is 2.94 bits per heavy atom. The van der Waals surface area contributed by atoms with E-state index in [-0.39, 0.29) is 11.8 Å². The maximum Gasteiger partial charge on any atom is 0.257 e. The highest BCUT2D eigenvalue weighted by molar-refractivity contribution is 6.15. The molecule has 1 aromatic rings. The SMILES string of the molecule is Nc1ccc(N2N=C3CCCCCC3C2=O)nc1. The maximum atomic E-state index is 12.3. The molecular formula is C13H16N4O. The standard InChI is InChI=1S/C13H16N4O/c14-9-6-7-12(15-8-9)17-13(18)10-4-2-1-3-5-11(10)16-17/h6-8,10H,1-5,14H2. The lowest BCUT2D eigenvalue weighted by atomic mass is 9.98. The first-order chi connectivity index (χ1) is 8.75. The fourth-order valence-electron chi connectivity index (χ4n) is 2.57. The largest absolute Gasteiger partial charge is 0.397 e. The Morgan fingerprint density at radius 2 is 2.17 bits per heavy atom. The van der Waals surface area contributed by atoms with Gasteiger partial charge in [0.1, 0.15) is 0 Å². The Labute approximate surface area is 106 Å². The minimum absolute atomic E-state index is 0.0214. The Bertz CT molecular complexity index is 494. The van der Waals surface area contributed by atoms with Gasteiger partial charge >= 0.3 is 0 Å². The van der Waals surface area contributed by atoms with Crippen LogP contribution in [0.5, 0.6) is 0 Å². The predicted molar refractivity (Wildman–Crippen MR) is 70.1 cm³/mol. The molecule has 2 aliphatic rings. The molecule has 0 spiro atoms. The maximum absolute atomic E-state index is 12.3. The molecule has 2 N–H and O–H groups in total. The van der Waals surface area contributed by atoms with Crippen molar-refractivity contribution in [2.45, 2.75) is 32.1 Å². The van der Waals surface area contributed by atoms with Crippen LogP contribution in [0.15, 0.2) is 23.4 Å². The minimum atomic E-state index is -0.0214. The summed E-state index contributed by atoms with van der Waals surface area (Å²) < 4.78 is 0. The quantitative estimate of drug-likeness (QED) is 0.820. The van der Waals surface area contributed by atoms with Gasteiger partial charge < -0.3 is 5.73 Å². The summed E-state index contributed by atoms with van der Waals surface area (Å²) in [5, 5.41) is 5.88. The second-order valence-corrected chi connectivity index (χ2v) is 4.84. The van der Waals surface area contributed by atoms with Gasteiger partial charge in [0, 0.05) is 0 Å². The van der Waals surface area contributed by atoms with E-state index in [1.807, 2.05) is 0 Å². The predicted octanol–water partition coefficient (Wildman–Crippen LogP) is 1.95. The number of aromatic nitrogens is 1. The Kier molecular flexibility index (Phi) is 2.74. The number of rotatable bonds is 1. The molecule has 18 heavy (non-hydrogen) atoms. The molecule has 3 rings (SSSR count). The van der Waals surface area contributed by atoms with Gasteiger partial charge in [-0.2, -0.15) is 10.1 Å². The average Bonchev–Trinajstić information content (AvgIpc) is 2.57. The van der Waals surface area contributed by atoms with Gasteiger partial charge in [-0.25, -0.2) is 4.98 Å². The molecule has 1 unspecified atom stereocenters. The summed E-state index contributed by atoms with van der Waals surface area (Å²) in [5.74, 6) is 0.603. The van der Waals surface area contributed by atoms with E-state index in [9.17, 15) is 4.79 Å². The van der Waals surface area contributed by atoms with Crippen molar-refractivity contribution in [2.75, 3.05) is 10.7 Å². The van der Waals surface area contributed by atoms with Gasteiger partial charge in [0.25, 0.3) is 5.91 Å². The Morgan fingerprint density at radius 1 is 1.28 bits per heavy atom. The van der Waals surface area contributed by atoms with Crippen LogP contribution in [0.3, 0.4) is 0 Å². The van der Waals surface area contributed by atoms with Gasteiger partial charge in [0.2, 0.25) is 0 Å². The highest BCUT2D eigenvalue weighted by Gasteiger charge is 2.37. The number of nitrogens with two attached hydrogens (primary N) is 1. The van der Waals surface area contributed by atoms with Crippen molar-refractivity contribution in [3.63, 3.8) is 0 Å². The van der Waals surface area contributed by atoms with E-state index in [4.69, 9.17) is 5.73 Å². The van der Waals surface area contributed by atoms with Crippen molar-refractivity contribution in [3.05, 3.63) is 18.3 Å². The molecule has 2 heterocycles. The number of nitrogen functional groups attached to an aromatic ring is 1. The van der Waals surface area contributed by atoms with Gasteiger partial charge in [-0.3, -0.25) is 4.79 Å². The number of hydrogen-bond acceptors (Lipinski definition) is 4. The topological polar surface area (TPSA) is 71.6 Å². The fourth-order valence-corrected chi connectivity index (χ4v) is 2.57. The summed E-state index contributed by atoms with van der Waals surface area (Å²) in [6.07, 6.45) is 6.84. The minimum Gasteiger partial charge on any atom is -0.397 e. The van der Waals surface area contributed by atoms with Crippen LogP contribution >= 0.6 is 0 Å². The van der Waals surface area contributed by atoms with E-state index >= 15 is 0 Å². The lowest BCUT2D eigenvalue weighted by Gasteiger charge is -2.12. The zero-order valence-corrected chi connectivity index (χ0v) is 10.2. The number of fused-ring (bicyclic) bond motifs is 1. The molecular weight excluding hydrogens is 228 g/mol. The van der Waals surface area contributed by atoms with Crippen LogP contribution in [0, 0.1) is 5.92 Å². The number of hydrogen-bond donors (Lipinski definition) is 1. The molecule has 0 saturated heterocycles. The number of pyridine rings is 1. The monoisotopic (exact) mass is 244 g/mol. The summed E-state index contributed by atoms with van der Waals surface area (Å²) in [6.45, 7) is 0. The van der Waals surface area contributed by atoms with E-state index in [1.54, 1.807) is 18.3 Å². The number of nitrogens with zero attached hydrogens (tertiary/aromatic N) is 3. The second-order valence-electron chi connectivity index (χ2n) is 4.84. The molecule has 0 bridgehead atoms. The van der Waals surface area contributed by atoms with Crippen molar-refractivity contribution in [3.8, 4) is 0 Å². The van der Waals surface area contributed by atoms with Crippen LogP contribution in [0.1, 0.15) is 32.1 Å². The summed E-state index contributed by atoms with van der Waals surface area (Å²) in [4.78, 5) is 16.5. The van der Waals surface area contributed by atoms with Crippen molar-refractivity contribution < 1.29 is 4.79 Å². The zero-order chi connectivity index (χ0) is 12.5. The van der Waals surface area contributed by atoms with Crippen LogP contribution in [0.2, 0.25) is 0 Å². The molecule has 0 radical (unpaired) electrons.